The van der Waals surface area contributed by atoms with E-state index in [9.17, 15) is 5.11 Å². The minimum absolute atomic E-state index is 0. The first kappa shape index (κ1) is 26.1. The Morgan fingerprint density at radius 2 is 1.75 bits per heavy atom. The Morgan fingerprint density at radius 3 is 2.44 bits per heavy atom. The van der Waals surface area contributed by atoms with Crippen molar-refractivity contribution < 1.29 is 9.84 Å². The molecule has 1 heterocycles. The lowest BCUT2D eigenvalue weighted by Crippen LogP contribution is -2.52. The number of likely N-dealkylation sites (N-methyl/N-ethyl adjacent to an activating group) is 1. The minimum atomic E-state index is 0. The molecule has 1 aliphatic heterocycles. The van der Waals surface area contributed by atoms with Crippen LogP contribution in [0.1, 0.15) is 12.5 Å². The number of rotatable bonds is 8. The minimum Gasteiger partial charge on any atom is -0.506 e. The fourth-order valence-corrected chi connectivity index (χ4v) is 3.59. The first-order chi connectivity index (χ1) is 15.1. The van der Waals surface area contributed by atoms with Gasteiger partial charge in [0.25, 0.3) is 0 Å². The van der Waals surface area contributed by atoms with Gasteiger partial charge in [-0.15, -0.1) is 24.0 Å². The van der Waals surface area contributed by atoms with Gasteiger partial charge in [-0.05, 0) is 39.2 Å². The van der Waals surface area contributed by atoms with Crippen LogP contribution < -0.4 is 15.0 Å². The second kappa shape index (κ2) is 13.4. The van der Waals surface area contributed by atoms with Crippen molar-refractivity contribution in [3.05, 3.63) is 54.1 Å². The van der Waals surface area contributed by atoms with Gasteiger partial charge in [0.15, 0.2) is 5.96 Å². The fraction of sp³-hybridized carbons (Fsp3) is 0.458. The lowest BCUT2D eigenvalue weighted by molar-refractivity contribution is 0.259. The summed E-state index contributed by atoms with van der Waals surface area (Å²) in [5, 5.41) is 13.6. The van der Waals surface area contributed by atoms with E-state index in [1.54, 1.807) is 6.07 Å². The third kappa shape index (κ3) is 7.44. The lowest BCUT2D eigenvalue weighted by Gasteiger charge is -2.37. The zero-order valence-corrected chi connectivity index (χ0v) is 21.7. The quantitative estimate of drug-likeness (QED) is 0.298. The number of phenolic OH excluding ortho intramolecular Hbond substituents is 1. The van der Waals surface area contributed by atoms with Gasteiger partial charge in [-0.3, -0.25) is 0 Å². The monoisotopic (exact) mass is 553 g/mol. The van der Waals surface area contributed by atoms with Gasteiger partial charge < -0.3 is 29.9 Å². The summed E-state index contributed by atoms with van der Waals surface area (Å²) in [6.45, 7) is 8.38. The maximum absolute atomic E-state index is 10.1. The van der Waals surface area contributed by atoms with Gasteiger partial charge in [0.05, 0.1) is 12.2 Å². The molecule has 0 bridgehead atoms. The van der Waals surface area contributed by atoms with Crippen molar-refractivity contribution >= 4 is 35.6 Å². The third-order valence-corrected chi connectivity index (χ3v) is 5.30. The molecule has 176 valence electrons. The zero-order valence-electron chi connectivity index (χ0n) is 19.3. The first-order valence-electron chi connectivity index (χ1n) is 11.0. The normalized spacial score (nSPS) is 14.3. The van der Waals surface area contributed by atoms with E-state index < -0.39 is 0 Å². The molecule has 1 fully saturated rings. The zero-order chi connectivity index (χ0) is 22.1. The summed E-state index contributed by atoms with van der Waals surface area (Å²) in [4.78, 5) is 11.5. The Bertz CT molecular complexity index is 854. The van der Waals surface area contributed by atoms with Crippen LogP contribution in [0, 0.1) is 0 Å². The van der Waals surface area contributed by atoms with Crippen LogP contribution in [0.2, 0.25) is 0 Å². The molecule has 0 spiro atoms. The number of ether oxygens (including phenoxy) is 1. The van der Waals surface area contributed by atoms with Crippen molar-refractivity contribution in [3.63, 3.8) is 0 Å². The Kier molecular flexibility index (Phi) is 10.9. The number of benzene rings is 2. The molecule has 32 heavy (non-hydrogen) atoms. The highest BCUT2D eigenvalue weighted by molar-refractivity contribution is 14.0. The summed E-state index contributed by atoms with van der Waals surface area (Å²) in [6, 6.07) is 15.6. The smallest absolute Gasteiger partial charge is 0.194 e. The molecule has 0 amide bonds. The van der Waals surface area contributed by atoms with Gasteiger partial charge in [0.2, 0.25) is 0 Å². The van der Waals surface area contributed by atoms with Crippen LogP contribution >= 0.6 is 24.0 Å². The summed E-state index contributed by atoms with van der Waals surface area (Å²) >= 11 is 0. The molecule has 7 nitrogen and oxygen atoms in total. The Hall–Kier alpha value is -2.20. The summed E-state index contributed by atoms with van der Waals surface area (Å²) < 4.78 is 5.98. The molecule has 3 rings (SSSR count). The van der Waals surface area contributed by atoms with Gasteiger partial charge in [0, 0.05) is 44.8 Å². The van der Waals surface area contributed by atoms with Crippen LogP contribution in [0.15, 0.2) is 53.5 Å². The molecule has 2 N–H and O–H groups in total. The van der Waals surface area contributed by atoms with E-state index in [-0.39, 0.29) is 24.0 Å². The highest BCUT2D eigenvalue weighted by Crippen LogP contribution is 2.27. The van der Waals surface area contributed by atoms with Gasteiger partial charge >= 0.3 is 0 Å². The third-order valence-electron chi connectivity index (χ3n) is 5.30. The second-order valence-electron chi connectivity index (χ2n) is 7.89. The van der Waals surface area contributed by atoms with Gasteiger partial charge in [0.1, 0.15) is 18.1 Å². The molecule has 0 aromatic heterocycles. The Labute approximate surface area is 209 Å². The number of nitrogens with one attached hydrogen (secondary N) is 1. The molecule has 1 aliphatic rings. The predicted octanol–water partition coefficient (Wildman–Crippen LogP) is 3.24. The number of anilines is 1. The van der Waals surface area contributed by atoms with Crippen molar-refractivity contribution in [2.24, 2.45) is 4.99 Å². The number of nitrogens with zero attached hydrogens (tertiary/aromatic N) is 4. The van der Waals surface area contributed by atoms with Crippen molar-refractivity contribution in [2.45, 2.75) is 13.5 Å². The van der Waals surface area contributed by atoms with E-state index in [2.05, 4.69) is 33.0 Å². The average Bonchev–Trinajstić information content (AvgIpc) is 2.78. The van der Waals surface area contributed by atoms with Gasteiger partial charge in [-0.2, -0.15) is 0 Å². The number of hydrogen-bond donors (Lipinski definition) is 2. The predicted molar refractivity (Wildman–Crippen MR) is 143 cm³/mol. The Morgan fingerprint density at radius 1 is 1.06 bits per heavy atom. The van der Waals surface area contributed by atoms with Gasteiger partial charge in [-0.25, -0.2) is 4.99 Å². The topological polar surface area (TPSA) is 63.6 Å². The van der Waals surface area contributed by atoms with E-state index in [4.69, 9.17) is 9.73 Å². The molecule has 0 aliphatic carbocycles. The van der Waals surface area contributed by atoms with Crippen LogP contribution in [0.5, 0.6) is 11.5 Å². The number of aliphatic imine (C=N–C) groups is 1. The van der Waals surface area contributed by atoms with Crippen molar-refractivity contribution in [3.8, 4) is 11.5 Å². The van der Waals surface area contributed by atoms with Gasteiger partial charge in [-0.1, -0.05) is 30.3 Å². The average molecular weight is 553 g/mol. The highest BCUT2D eigenvalue weighted by atomic mass is 127. The number of para-hydroxylation sites is 3. The number of guanidine groups is 1. The summed E-state index contributed by atoms with van der Waals surface area (Å²) in [6.07, 6.45) is 0. The maximum atomic E-state index is 10.1. The number of halogens is 1. The molecule has 2 aromatic rings. The van der Waals surface area contributed by atoms with E-state index >= 15 is 0 Å². The van der Waals surface area contributed by atoms with E-state index in [1.807, 2.05) is 50.5 Å². The first-order valence-corrected chi connectivity index (χ1v) is 11.0. The van der Waals surface area contributed by atoms with Crippen molar-refractivity contribution in [1.82, 2.24) is 15.1 Å². The standard InChI is InChI=1S/C24H35N5O2.HI/c1-4-25-24(26-19-20-9-5-8-12-23(20)31-18-17-27(2)3)29-15-13-28(14-16-29)21-10-6-7-11-22(21)30;/h5-12,30H,4,13-19H2,1-3H3,(H,25,26);1H. The SMILES string of the molecule is CCNC(=NCc1ccccc1OCCN(C)C)N1CCN(c2ccccc2O)CC1.I. The molecule has 0 saturated carbocycles. The van der Waals surface area contributed by atoms with E-state index in [1.165, 1.54) is 0 Å². The largest absolute Gasteiger partial charge is 0.506 e. The highest BCUT2D eigenvalue weighted by Gasteiger charge is 2.21. The maximum Gasteiger partial charge on any atom is 0.194 e. The van der Waals surface area contributed by atoms with Crippen molar-refractivity contribution in [2.75, 3.05) is 64.9 Å². The summed E-state index contributed by atoms with van der Waals surface area (Å²) in [5.41, 5.74) is 1.98. The number of piperazine rings is 1. The molecule has 1 saturated heterocycles. The number of phenols is 1. The summed E-state index contributed by atoms with van der Waals surface area (Å²) in [5.74, 6) is 2.15. The molecular formula is C24H36IN5O2. The van der Waals surface area contributed by atoms with E-state index in [0.29, 0.717) is 18.9 Å². The second-order valence-corrected chi connectivity index (χ2v) is 7.89. The lowest BCUT2D eigenvalue weighted by atomic mass is 10.2. The number of aromatic hydroxyl groups is 1. The van der Waals surface area contributed by atoms with Crippen LogP contribution in [0.25, 0.3) is 0 Å². The van der Waals surface area contributed by atoms with Crippen molar-refractivity contribution in [1.29, 1.82) is 0 Å². The molecule has 2 aromatic carbocycles. The van der Waals surface area contributed by atoms with Crippen LogP contribution in [0.3, 0.4) is 0 Å². The number of hydrogen-bond acceptors (Lipinski definition) is 5. The van der Waals surface area contributed by atoms with E-state index in [0.717, 1.165) is 62.2 Å². The molecular weight excluding hydrogens is 517 g/mol. The molecule has 0 unspecified atom stereocenters. The van der Waals surface area contributed by atoms with Crippen LogP contribution in [-0.2, 0) is 6.54 Å². The van der Waals surface area contributed by atoms with Crippen LogP contribution in [0.4, 0.5) is 5.69 Å². The summed E-state index contributed by atoms with van der Waals surface area (Å²) in [7, 11) is 4.09. The molecule has 0 atom stereocenters. The Balaban J connectivity index is 0.00000363. The molecule has 8 heteroatoms. The van der Waals surface area contributed by atoms with Crippen LogP contribution in [-0.4, -0.2) is 80.8 Å². The fourth-order valence-electron chi connectivity index (χ4n) is 3.59. The molecule has 0 radical (unpaired) electrons.